The van der Waals surface area contributed by atoms with Crippen LogP contribution in [0.4, 0.5) is 0 Å². The molecule has 2 N–H and O–H groups in total. The third-order valence-corrected chi connectivity index (χ3v) is 3.40. The van der Waals surface area contributed by atoms with E-state index in [0.717, 1.165) is 31.8 Å². The zero-order chi connectivity index (χ0) is 14.2. The maximum atomic E-state index is 8.83. The van der Waals surface area contributed by atoms with Gasteiger partial charge >= 0.3 is 0 Å². The van der Waals surface area contributed by atoms with Crippen LogP contribution in [0.5, 0.6) is 0 Å². The van der Waals surface area contributed by atoms with Crippen molar-refractivity contribution in [3.05, 3.63) is 54.1 Å². The lowest BCUT2D eigenvalue weighted by atomic mass is 10.2. The number of nitrogens with one attached hydrogen (secondary N) is 1. The van der Waals surface area contributed by atoms with Crippen molar-refractivity contribution in [3.63, 3.8) is 0 Å². The summed E-state index contributed by atoms with van der Waals surface area (Å²) in [6, 6.07) is 10.8. The van der Waals surface area contributed by atoms with Gasteiger partial charge in [0.05, 0.1) is 6.54 Å². The fourth-order valence-corrected chi connectivity index (χ4v) is 2.20. The molecular weight excluding hydrogens is 250 g/mol. The number of aliphatic hydroxyl groups is 1. The first-order valence-electron chi connectivity index (χ1n) is 7.18. The lowest BCUT2D eigenvalue weighted by Gasteiger charge is -2.14. The van der Waals surface area contributed by atoms with Gasteiger partial charge in [0.15, 0.2) is 0 Å². The van der Waals surface area contributed by atoms with E-state index in [2.05, 4.69) is 46.1 Å². The third kappa shape index (κ3) is 4.47. The second kappa shape index (κ2) is 7.82. The van der Waals surface area contributed by atoms with E-state index in [0.29, 0.717) is 6.04 Å². The summed E-state index contributed by atoms with van der Waals surface area (Å²) in [5.41, 5.74) is 1.28. The van der Waals surface area contributed by atoms with Gasteiger partial charge < -0.3 is 15.0 Å². The molecule has 1 atom stereocenters. The zero-order valence-corrected chi connectivity index (χ0v) is 12.0. The van der Waals surface area contributed by atoms with Crippen LogP contribution in [0.1, 0.15) is 31.2 Å². The molecule has 0 radical (unpaired) electrons. The Morgan fingerprint density at radius 1 is 1.30 bits per heavy atom. The number of aromatic nitrogens is 2. The van der Waals surface area contributed by atoms with Crippen LogP contribution >= 0.6 is 0 Å². The molecule has 2 rings (SSSR count). The summed E-state index contributed by atoms with van der Waals surface area (Å²) in [4.78, 5) is 4.42. The summed E-state index contributed by atoms with van der Waals surface area (Å²) < 4.78 is 2.17. The van der Waals surface area contributed by atoms with Crippen LogP contribution in [-0.4, -0.2) is 27.3 Å². The molecular formula is C16H23N3O. The fourth-order valence-electron chi connectivity index (χ4n) is 2.20. The van der Waals surface area contributed by atoms with E-state index in [1.54, 1.807) is 0 Å². The Hall–Kier alpha value is -1.65. The minimum atomic E-state index is 0.259. The number of imidazole rings is 1. The minimum absolute atomic E-state index is 0.259. The Bertz CT molecular complexity index is 495. The molecule has 0 aliphatic heterocycles. The highest BCUT2D eigenvalue weighted by Gasteiger charge is 2.06. The molecule has 0 spiro atoms. The smallest absolute Gasteiger partial charge is 0.122 e. The maximum absolute atomic E-state index is 8.83. The fraction of sp³-hybridized carbons (Fsp3) is 0.438. The SMILES string of the molecule is CC(CCCO)NCc1nccn1Cc1ccccc1. The summed E-state index contributed by atoms with van der Waals surface area (Å²) >= 11 is 0. The molecule has 0 aliphatic rings. The normalized spacial score (nSPS) is 12.5. The molecule has 4 nitrogen and oxygen atoms in total. The van der Waals surface area contributed by atoms with E-state index >= 15 is 0 Å². The van der Waals surface area contributed by atoms with Crippen LogP contribution < -0.4 is 5.32 Å². The van der Waals surface area contributed by atoms with Gasteiger partial charge in [0, 0.05) is 31.6 Å². The molecule has 0 amide bonds. The first kappa shape index (κ1) is 14.8. The molecule has 0 bridgehead atoms. The van der Waals surface area contributed by atoms with E-state index < -0.39 is 0 Å². The van der Waals surface area contributed by atoms with Crippen molar-refractivity contribution in [1.82, 2.24) is 14.9 Å². The van der Waals surface area contributed by atoms with E-state index in [1.165, 1.54) is 5.56 Å². The van der Waals surface area contributed by atoms with E-state index in [-0.39, 0.29) is 6.61 Å². The predicted molar refractivity (Wildman–Crippen MR) is 80.4 cm³/mol. The average molecular weight is 273 g/mol. The molecule has 0 saturated heterocycles. The summed E-state index contributed by atoms with van der Waals surface area (Å²) in [5, 5.41) is 12.3. The van der Waals surface area contributed by atoms with Gasteiger partial charge in [-0.05, 0) is 25.3 Å². The number of nitrogens with zero attached hydrogens (tertiary/aromatic N) is 2. The maximum Gasteiger partial charge on any atom is 0.122 e. The molecule has 1 aromatic carbocycles. The molecule has 1 aromatic heterocycles. The predicted octanol–water partition coefficient (Wildman–Crippen LogP) is 2.18. The van der Waals surface area contributed by atoms with Crippen molar-refractivity contribution in [1.29, 1.82) is 0 Å². The second-order valence-electron chi connectivity index (χ2n) is 5.10. The second-order valence-corrected chi connectivity index (χ2v) is 5.10. The Kier molecular flexibility index (Phi) is 5.77. The number of benzene rings is 1. The van der Waals surface area contributed by atoms with Crippen LogP contribution in [0.15, 0.2) is 42.7 Å². The summed E-state index contributed by atoms with van der Waals surface area (Å²) in [7, 11) is 0. The highest BCUT2D eigenvalue weighted by molar-refractivity contribution is 5.15. The third-order valence-electron chi connectivity index (χ3n) is 3.40. The lowest BCUT2D eigenvalue weighted by Crippen LogP contribution is -2.27. The van der Waals surface area contributed by atoms with E-state index in [9.17, 15) is 0 Å². The number of hydrogen-bond acceptors (Lipinski definition) is 3. The van der Waals surface area contributed by atoms with Crippen molar-refractivity contribution in [2.24, 2.45) is 0 Å². The molecule has 108 valence electrons. The minimum Gasteiger partial charge on any atom is -0.396 e. The van der Waals surface area contributed by atoms with Crippen LogP contribution in [0.3, 0.4) is 0 Å². The molecule has 0 aliphatic carbocycles. The van der Waals surface area contributed by atoms with Crippen LogP contribution in [0.25, 0.3) is 0 Å². The number of rotatable bonds is 8. The number of aliphatic hydroxyl groups excluding tert-OH is 1. The largest absolute Gasteiger partial charge is 0.396 e. The average Bonchev–Trinajstić information content (AvgIpc) is 2.91. The van der Waals surface area contributed by atoms with Crippen molar-refractivity contribution in [3.8, 4) is 0 Å². The van der Waals surface area contributed by atoms with Gasteiger partial charge in [0.1, 0.15) is 5.82 Å². The Labute approximate surface area is 120 Å². The van der Waals surface area contributed by atoms with Crippen LogP contribution in [-0.2, 0) is 13.1 Å². The topological polar surface area (TPSA) is 50.1 Å². The Morgan fingerprint density at radius 3 is 2.85 bits per heavy atom. The molecule has 20 heavy (non-hydrogen) atoms. The molecule has 2 aromatic rings. The van der Waals surface area contributed by atoms with Gasteiger partial charge in [-0.25, -0.2) is 4.98 Å². The van der Waals surface area contributed by atoms with Crippen LogP contribution in [0.2, 0.25) is 0 Å². The number of hydrogen-bond donors (Lipinski definition) is 2. The summed E-state index contributed by atoms with van der Waals surface area (Å²) in [6.07, 6.45) is 5.68. The van der Waals surface area contributed by atoms with Gasteiger partial charge in [-0.1, -0.05) is 30.3 Å². The zero-order valence-electron chi connectivity index (χ0n) is 12.0. The van der Waals surface area contributed by atoms with Crippen LogP contribution in [0, 0.1) is 0 Å². The van der Waals surface area contributed by atoms with E-state index in [1.807, 2.05) is 18.5 Å². The van der Waals surface area contributed by atoms with Gasteiger partial charge in [-0.2, -0.15) is 0 Å². The van der Waals surface area contributed by atoms with Crippen molar-refractivity contribution < 1.29 is 5.11 Å². The van der Waals surface area contributed by atoms with Gasteiger partial charge in [-0.15, -0.1) is 0 Å². The van der Waals surface area contributed by atoms with Crippen molar-refractivity contribution in [2.45, 2.75) is 38.9 Å². The first-order chi connectivity index (χ1) is 9.79. The quantitative estimate of drug-likeness (QED) is 0.775. The van der Waals surface area contributed by atoms with E-state index in [4.69, 9.17) is 5.11 Å². The molecule has 1 unspecified atom stereocenters. The summed E-state index contributed by atoms with van der Waals surface area (Å²) in [6.45, 7) is 4.00. The van der Waals surface area contributed by atoms with Gasteiger partial charge in [-0.3, -0.25) is 0 Å². The standard InChI is InChI=1S/C16H23N3O/c1-14(6-5-11-20)18-12-16-17-9-10-19(16)13-15-7-3-2-4-8-15/h2-4,7-10,14,18,20H,5-6,11-13H2,1H3. The molecule has 0 fully saturated rings. The molecule has 0 saturated carbocycles. The molecule has 1 heterocycles. The van der Waals surface area contributed by atoms with Crippen molar-refractivity contribution in [2.75, 3.05) is 6.61 Å². The van der Waals surface area contributed by atoms with Crippen molar-refractivity contribution >= 4 is 0 Å². The Morgan fingerprint density at radius 2 is 2.10 bits per heavy atom. The highest BCUT2D eigenvalue weighted by Crippen LogP contribution is 2.06. The highest BCUT2D eigenvalue weighted by atomic mass is 16.2. The van der Waals surface area contributed by atoms with Gasteiger partial charge in [0.25, 0.3) is 0 Å². The first-order valence-corrected chi connectivity index (χ1v) is 7.18. The monoisotopic (exact) mass is 273 g/mol. The molecule has 4 heteroatoms. The summed E-state index contributed by atoms with van der Waals surface area (Å²) in [5.74, 6) is 1.05. The van der Waals surface area contributed by atoms with Gasteiger partial charge in [0.2, 0.25) is 0 Å². The lowest BCUT2D eigenvalue weighted by molar-refractivity contribution is 0.276. The Balaban J connectivity index is 1.88.